The summed E-state index contributed by atoms with van der Waals surface area (Å²) in [5.41, 5.74) is 2.97. The number of ketones is 2. The third-order valence-corrected chi connectivity index (χ3v) is 5.75. The van der Waals surface area contributed by atoms with Crippen LogP contribution in [0.1, 0.15) is 36.9 Å². The van der Waals surface area contributed by atoms with Crippen LogP contribution in [0.3, 0.4) is 0 Å². The van der Waals surface area contributed by atoms with Gasteiger partial charge in [0.1, 0.15) is 11.6 Å². The van der Waals surface area contributed by atoms with Crippen LogP contribution in [0.25, 0.3) is 11.3 Å². The maximum atomic E-state index is 12.4. The van der Waals surface area contributed by atoms with Gasteiger partial charge in [-0.1, -0.05) is 6.07 Å². The average Bonchev–Trinajstić information content (AvgIpc) is 2.96. The Morgan fingerprint density at radius 3 is 2.23 bits per heavy atom. The number of aromatic nitrogens is 2. The zero-order valence-corrected chi connectivity index (χ0v) is 12.0. The molecule has 0 N–H and O–H groups in total. The SMILES string of the molecule is O=C1CC23CC(=O)CC2(C1)c1ncccc1-c1ncccc13. The van der Waals surface area contributed by atoms with Gasteiger partial charge in [-0.3, -0.25) is 19.6 Å². The van der Waals surface area contributed by atoms with Crippen molar-refractivity contribution in [3.63, 3.8) is 0 Å². The van der Waals surface area contributed by atoms with Gasteiger partial charge in [0.15, 0.2) is 0 Å². The first-order valence-electron chi connectivity index (χ1n) is 7.61. The highest BCUT2D eigenvalue weighted by Gasteiger charge is 2.68. The molecule has 5 rings (SSSR count). The van der Waals surface area contributed by atoms with E-state index in [0.717, 1.165) is 22.5 Å². The molecule has 3 aliphatic rings. The van der Waals surface area contributed by atoms with Gasteiger partial charge in [0.05, 0.1) is 11.4 Å². The molecule has 0 radical (unpaired) electrons. The Morgan fingerprint density at radius 1 is 0.818 bits per heavy atom. The lowest BCUT2D eigenvalue weighted by Crippen LogP contribution is -2.44. The Balaban J connectivity index is 1.96. The molecular formula is C18H14N2O2. The van der Waals surface area contributed by atoms with Crippen LogP contribution in [0, 0.1) is 0 Å². The smallest absolute Gasteiger partial charge is 0.134 e. The first-order chi connectivity index (χ1) is 10.7. The van der Waals surface area contributed by atoms with E-state index in [1.54, 1.807) is 12.4 Å². The summed E-state index contributed by atoms with van der Waals surface area (Å²) < 4.78 is 0. The summed E-state index contributed by atoms with van der Waals surface area (Å²) in [7, 11) is 0. The molecule has 4 nitrogen and oxygen atoms in total. The molecule has 2 fully saturated rings. The molecule has 2 saturated carbocycles. The molecule has 0 unspecified atom stereocenters. The summed E-state index contributed by atoms with van der Waals surface area (Å²) in [6, 6.07) is 7.86. The zero-order valence-electron chi connectivity index (χ0n) is 12.0. The highest BCUT2D eigenvalue weighted by Crippen LogP contribution is 2.66. The lowest BCUT2D eigenvalue weighted by molar-refractivity contribution is -0.120. The number of hydrogen-bond acceptors (Lipinski definition) is 4. The van der Waals surface area contributed by atoms with Crippen molar-refractivity contribution in [2.24, 2.45) is 0 Å². The number of carbonyl (C=O) groups is 2. The van der Waals surface area contributed by atoms with Gasteiger partial charge in [0.25, 0.3) is 0 Å². The number of pyridine rings is 2. The number of fused-ring (bicyclic) bond motifs is 3. The Kier molecular flexibility index (Phi) is 2.05. The Hall–Kier alpha value is -2.36. The molecule has 22 heavy (non-hydrogen) atoms. The van der Waals surface area contributed by atoms with Crippen LogP contribution >= 0.6 is 0 Å². The summed E-state index contributed by atoms with van der Waals surface area (Å²) >= 11 is 0. The van der Waals surface area contributed by atoms with Gasteiger partial charge in [-0.05, 0) is 23.8 Å². The van der Waals surface area contributed by atoms with E-state index < -0.39 is 10.8 Å². The fraction of sp³-hybridized carbons (Fsp3) is 0.333. The van der Waals surface area contributed by atoms with E-state index in [4.69, 9.17) is 0 Å². The topological polar surface area (TPSA) is 59.9 Å². The monoisotopic (exact) mass is 290 g/mol. The van der Waals surface area contributed by atoms with Crippen LogP contribution in [0.5, 0.6) is 0 Å². The molecular weight excluding hydrogens is 276 g/mol. The molecule has 0 amide bonds. The molecule has 0 aliphatic heterocycles. The van der Waals surface area contributed by atoms with Gasteiger partial charge in [0.2, 0.25) is 0 Å². The van der Waals surface area contributed by atoms with Crippen molar-refractivity contribution in [3.05, 3.63) is 47.9 Å². The number of hydrogen-bond donors (Lipinski definition) is 0. The summed E-state index contributed by atoms with van der Waals surface area (Å²) in [5, 5.41) is 0. The van der Waals surface area contributed by atoms with Crippen molar-refractivity contribution in [3.8, 4) is 11.3 Å². The van der Waals surface area contributed by atoms with Crippen molar-refractivity contribution in [2.45, 2.75) is 36.5 Å². The Bertz CT molecular complexity index is 768. The van der Waals surface area contributed by atoms with E-state index in [1.807, 2.05) is 24.3 Å². The highest BCUT2D eigenvalue weighted by molar-refractivity contribution is 5.98. The van der Waals surface area contributed by atoms with Crippen molar-refractivity contribution >= 4 is 11.6 Å². The standard InChI is InChI=1S/C18H14N2O2/c21-11-7-17-8-12(22)10-18(17,9-11)16-13(3-1-6-20-16)15-14(17)4-2-5-19-15/h1-6H,7-10H2. The summed E-state index contributed by atoms with van der Waals surface area (Å²) in [6.45, 7) is 0. The van der Waals surface area contributed by atoms with Crippen molar-refractivity contribution in [1.82, 2.24) is 9.97 Å². The molecule has 2 heterocycles. The third-order valence-electron chi connectivity index (χ3n) is 5.75. The van der Waals surface area contributed by atoms with Gasteiger partial charge in [0, 0.05) is 54.5 Å². The molecule has 0 saturated heterocycles. The molecule has 108 valence electrons. The normalized spacial score (nSPS) is 31.5. The lowest BCUT2D eigenvalue weighted by Gasteiger charge is -2.44. The van der Waals surface area contributed by atoms with Gasteiger partial charge < -0.3 is 0 Å². The summed E-state index contributed by atoms with van der Waals surface area (Å²) in [6.07, 6.45) is 5.26. The third kappa shape index (κ3) is 1.17. The summed E-state index contributed by atoms with van der Waals surface area (Å²) in [5.74, 6) is 0.474. The van der Waals surface area contributed by atoms with E-state index in [-0.39, 0.29) is 11.6 Å². The molecule has 2 aromatic rings. The van der Waals surface area contributed by atoms with Crippen molar-refractivity contribution in [2.75, 3.05) is 0 Å². The zero-order chi connectivity index (χ0) is 14.9. The van der Waals surface area contributed by atoms with E-state index in [0.29, 0.717) is 25.7 Å². The second-order valence-corrected chi connectivity index (χ2v) is 6.75. The largest absolute Gasteiger partial charge is 0.300 e. The minimum atomic E-state index is -0.451. The summed E-state index contributed by atoms with van der Waals surface area (Å²) in [4.78, 5) is 33.9. The Labute approximate surface area is 127 Å². The van der Waals surface area contributed by atoms with Gasteiger partial charge >= 0.3 is 0 Å². The maximum absolute atomic E-state index is 12.4. The van der Waals surface area contributed by atoms with Gasteiger partial charge in [-0.15, -0.1) is 0 Å². The predicted octanol–water partition coefficient (Wildman–Crippen LogP) is 2.36. The number of rotatable bonds is 0. The van der Waals surface area contributed by atoms with E-state index in [9.17, 15) is 9.59 Å². The van der Waals surface area contributed by atoms with E-state index in [2.05, 4.69) is 9.97 Å². The second-order valence-electron chi connectivity index (χ2n) is 6.75. The highest BCUT2D eigenvalue weighted by atomic mass is 16.1. The number of carbonyl (C=O) groups excluding carboxylic acids is 2. The van der Waals surface area contributed by atoms with E-state index >= 15 is 0 Å². The van der Waals surface area contributed by atoms with E-state index in [1.165, 1.54) is 0 Å². The minimum absolute atomic E-state index is 0.237. The maximum Gasteiger partial charge on any atom is 0.134 e. The number of Topliss-reactive ketones (excluding diaryl/α,β-unsaturated/α-hetero) is 2. The average molecular weight is 290 g/mol. The first-order valence-corrected chi connectivity index (χ1v) is 7.61. The molecule has 0 atom stereocenters. The van der Waals surface area contributed by atoms with Crippen LogP contribution < -0.4 is 0 Å². The van der Waals surface area contributed by atoms with Gasteiger partial charge in [-0.2, -0.15) is 0 Å². The molecule has 0 spiro atoms. The van der Waals surface area contributed by atoms with Crippen molar-refractivity contribution in [1.29, 1.82) is 0 Å². The van der Waals surface area contributed by atoms with Gasteiger partial charge in [-0.25, -0.2) is 0 Å². The molecule has 0 aromatic carbocycles. The first kappa shape index (κ1) is 12.2. The molecule has 3 aliphatic carbocycles. The van der Waals surface area contributed by atoms with Crippen LogP contribution in [0.2, 0.25) is 0 Å². The Morgan fingerprint density at radius 2 is 1.45 bits per heavy atom. The van der Waals surface area contributed by atoms with Crippen LogP contribution in [-0.2, 0) is 20.4 Å². The minimum Gasteiger partial charge on any atom is -0.300 e. The quantitative estimate of drug-likeness (QED) is 0.747. The predicted molar refractivity (Wildman–Crippen MR) is 79.3 cm³/mol. The van der Waals surface area contributed by atoms with Crippen LogP contribution in [0.15, 0.2) is 36.7 Å². The second kappa shape index (κ2) is 3.69. The van der Waals surface area contributed by atoms with Crippen molar-refractivity contribution < 1.29 is 9.59 Å². The van der Waals surface area contributed by atoms with Crippen LogP contribution in [0.4, 0.5) is 0 Å². The molecule has 2 aromatic heterocycles. The fourth-order valence-electron chi connectivity index (χ4n) is 5.10. The fourth-order valence-corrected chi connectivity index (χ4v) is 5.10. The number of nitrogens with zero attached hydrogens (tertiary/aromatic N) is 2. The lowest BCUT2D eigenvalue weighted by atomic mass is 9.58. The molecule has 0 bridgehead atoms. The molecule has 4 heteroatoms. The van der Waals surface area contributed by atoms with Crippen LogP contribution in [-0.4, -0.2) is 21.5 Å².